The molecule has 0 spiro atoms. The van der Waals surface area contributed by atoms with E-state index >= 15 is 0 Å². The van der Waals surface area contributed by atoms with Crippen LogP contribution in [0.3, 0.4) is 0 Å². The van der Waals surface area contributed by atoms with E-state index < -0.39 is 6.29 Å². The molecule has 2 N–H and O–H groups in total. The fourth-order valence-corrected chi connectivity index (χ4v) is 7.01. The molecule has 15 heavy (non-hydrogen) atoms. The third-order valence-electron chi connectivity index (χ3n) is 4.23. The van der Waals surface area contributed by atoms with Crippen molar-refractivity contribution in [2.75, 3.05) is 12.4 Å². The summed E-state index contributed by atoms with van der Waals surface area (Å²) in [6, 6.07) is 0. The Hall–Kier alpha value is 0.100. The molecule has 86 valence electrons. The largest absolute Gasteiger partial charge is 0.391 e. The fraction of sp³-hybridized carbons (Fsp3) is 0.909. The highest BCUT2D eigenvalue weighted by Gasteiger charge is 2.57. The molecule has 3 nitrogen and oxygen atoms in total. The minimum absolute atomic E-state index is 0.186. The van der Waals surface area contributed by atoms with Crippen molar-refractivity contribution in [1.82, 2.24) is 0 Å². The Morgan fingerprint density at radius 3 is 3.07 bits per heavy atom. The van der Waals surface area contributed by atoms with Gasteiger partial charge in [0.1, 0.15) is 0 Å². The van der Waals surface area contributed by atoms with Crippen molar-refractivity contribution in [3.63, 3.8) is 0 Å². The molecule has 2 fully saturated rings. The Kier molecular flexibility index (Phi) is 2.26. The normalized spacial score (nSPS) is 53.3. The molecule has 0 aromatic heterocycles. The number of rotatable bonds is 3. The van der Waals surface area contributed by atoms with Gasteiger partial charge in [0.05, 0.1) is 12.2 Å². The summed E-state index contributed by atoms with van der Waals surface area (Å²) < 4.78 is 5.70. The van der Waals surface area contributed by atoms with Gasteiger partial charge < -0.3 is 14.9 Å². The topological polar surface area (TPSA) is 49.7 Å². The van der Waals surface area contributed by atoms with E-state index in [1.807, 2.05) is 0 Å². The summed E-state index contributed by atoms with van der Waals surface area (Å²) in [5.74, 6) is 2.64. The summed E-state index contributed by atoms with van der Waals surface area (Å²) in [5.41, 5.74) is -0.186. The summed E-state index contributed by atoms with van der Waals surface area (Å²) in [7, 11) is 0.421. The van der Waals surface area contributed by atoms with Crippen LogP contribution >= 0.6 is 10.5 Å². The molecule has 0 aromatic carbocycles. The zero-order valence-electron chi connectivity index (χ0n) is 8.93. The van der Waals surface area contributed by atoms with Gasteiger partial charge in [-0.05, 0) is 37.4 Å². The first-order chi connectivity index (χ1) is 7.13. The van der Waals surface area contributed by atoms with E-state index in [-0.39, 0.29) is 12.2 Å². The standard InChI is InChI=1S/C11H18O3S/c1-11(14-10(13)4-12)8-2-7-3-9(11)15(5-7)6-8/h5,7-10,12-13H,2-4,6H2,1H3. The molecule has 3 aliphatic heterocycles. The molecule has 4 aliphatic rings. The smallest absolute Gasteiger partial charge is 0.178 e. The van der Waals surface area contributed by atoms with Crippen molar-refractivity contribution >= 4 is 15.9 Å². The van der Waals surface area contributed by atoms with Gasteiger partial charge in [-0.25, -0.2) is 0 Å². The number of aliphatic hydroxyl groups is 2. The molecular weight excluding hydrogens is 212 g/mol. The predicted molar refractivity (Wildman–Crippen MR) is 61.1 cm³/mol. The summed E-state index contributed by atoms with van der Waals surface area (Å²) in [6.45, 7) is 1.83. The average molecular weight is 230 g/mol. The van der Waals surface area contributed by atoms with Crippen LogP contribution in [0.2, 0.25) is 0 Å². The Morgan fingerprint density at radius 1 is 1.60 bits per heavy atom. The van der Waals surface area contributed by atoms with E-state index in [4.69, 9.17) is 9.84 Å². The molecule has 3 heterocycles. The van der Waals surface area contributed by atoms with Gasteiger partial charge in [0.15, 0.2) is 6.29 Å². The Balaban J connectivity index is 1.85. The van der Waals surface area contributed by atoms with Crippen molar-refractivity contribution in [2.45, 2.75) is 36.9 Å². The maximum atomic E-state index is 9.46. The zero-order chi connectivity index (χ0) is 10.6. The average Bonchev–Trinajstić information content (AvgIpc) is 2.60. The maximum Gasteiger partial charge on any atom is 0.178 e. The molecule has 0 aromatic rings. The van der Waals surface area contributed by atoms with Crippen molar-refractivity contribution in [2.24, 2.45) is 11.8 Å². The van der Waals surface area contributed by atoms with Crippen molar-refractivity contribution in [1.29, 1.82) is 0 Å². The van der Waals surface area contributed by atoms with Crippen LogP contribution in [0.25, 0.3) is 0 Å². The van der Waals surface area contributed by atoms with Crippen molar-refractivity contribution in [3.05, 3.63) is 0 Å². The quantitative estimate of drug-likeness (QED) is 0.550. The number of aliphatic hydroxyl groups excluding tert-OH is 2. The lowest BCUT2D eigenvalue weighted by molar-refractivity contribution is -0.213. The van der Waals surface area contributed by atoms with Crippen LogP contribution in [0.1, 0.15) is 19.8 Å². The third kappa shape index (κ3) is 1.35. The second kappa shape index (κ2) is 3.29. The van der Waals surface area contributed by atoms with E-state index in [1.54, 1.807) is 0 Å². The van der Waals surface area contributed by atoms with E-state index in [1.165, 1.54) is 18.6 Å². The highest BCUT2D eigenvalue weighted by atomic mass is 32.2. The molecule has 6 unspecified atom stereocenters. The zero-order valence-corrected chi connectivity index (χ0v) is 9.74. The van der Waals surface area contributed by atoms with Gasteiger partial charge in [0.2, 0.25) is 0 Å². The van der Waals surface area contributed by atoms with Crippen LogP contribution in [0, 0.1) is 11.8 Å². The van der Waals surface area contributed by atoms with Crippen molar-refractivity contribution in [3.8, 4) is 0 Å². The lowest BCUT2D eigenvalue weighted by atomic mass is 9.73. The van der Waals surface area contributed by atoms with Crippen molar-refractivity contribution < 1.29 is 14.9 Å². The van der Waals surface area contributed by atoms with Crippen LogP contribution in [0.4, 0.5) is 0 Å². The molecule has 0 radical (unpaired) electrons. The summed E-state index contributed by atoms with van der Waals surface area (Å²) in [6.07, 6.45) is 1.45. The van der Waals surface area contributed by atoms with E-state index in [0.29, 0.717) is 21.7 Å². The van der Waals surface area contributed by atoms with Crippen LogP contribution in [0.5, 0.6) is 0 Å². The van der Waals surface area contributed by atoms with Gasteiger partial charge in [-0.15, -0.1) is 0 Å². The minimum Gasteiger partial charge on any atom is -0.391 e. The lowest BCUT2D eigenvalue weighted by Crippen LogP contribution is -2.49. The number of hydrogen-bond donors (Lipinski definition) is 2. The highest BCUT2D eigenvalue weighted by Crippen LogP contribution is 2.60. The van der Waals surface area contributed by atoms with Gasteiger partial charge in [0.25, 0.3) is 0 Å². The summed E-state index contributed by atoms with van der Waals surface area (Å²) in [4.78, 5) is 0. The first kappa shape index (κ1) is 10.3. The molecule has 4 rings (SSSR count). The van der Waals surface area contributed by atoms with Crippen LogP contribution in [-0.4, -0.2) is 45.1 Å². The molecule has 0 amide bonds. The highest BCUT2D eigenvalue weighted by molar-refractivity contribution is 8.16. The lowest BCUT2D eigenvalue weighted by Gasteiger charge is -2.41. The van der Waals surface area contributed by atoms with E-state index in [2.05, 4.69) is 12.3 Å². The van der Waals surface area contributed by atoms with Gasteiger partial charge in [0, 0.05) is 5.25 Å². The SMILES string of the molecule is CC1(OC(O)CO)C2CC3C=S(C2)C1C3. The molecule has 1 saturated carbocycles. The second-order valence-corrected chi connectivity index (χ2v) is 7.24. The Labute approximate surface area is 92.4 Å². The molecule has 1 aliphatic carbocycles. The number of hydrogen-bond acceptors (Lipinski definition) is 3. The monoisotopic (exact) mass is 230 g/mol. The van der Waals surface area contributed by atoms with E-state index in [0.717, 1.165) is 5.92 Å². The fourth-order valence-electron chi connectivity index (χ4n) is 3.48. The second-order valence-electron chi connectivity index (χ2n) is 5.13. The molecular formula is C11H18O3S. The van der Waals surface area contributed by atoms with Gasteiger partial charge in [-0.3, -0.25) is 0 Å². The summed E-state index contributed by atoms with van der Waals surface area (Å²) >= 11 is 0. The minimum atomic E-state index is -1.00. The van der Waals surface area contributed by atoms with Gasteiger partial charge >= 0.3 is 0 Å². The van der Waals surface area contributed by atoms with Gasteiger partial charge in [-0.1, -0.05) is 5.37 Å². The molecule has 6 atom stereocenters. The number of ether oxygens (including phenoxy) is 1. The first-order valence-corrected chi connectivity index (χ1v) is 7.15. The third-order valence-corrected chi connectivity index (χ3v) is 7.14. The molecule has 4 heteroatoms. The van der Waals surface area contributed by atoms with Crippen LogP contribution < -0.4 is 0 Å². The predicted octanol–water partition coefficient (Wildman–Crippen LogP) is 0.566. The Bertz CT molecular complexity index is 317. The maximum absolute atomic E-state index is 9.46. The van der Waals surface area contributed by atoms with Gasteiger partial charge in [-0.2, -0.15) is 10.5 Å². The molecule has 1 saturated heterocycles. The first-order valence-electron chi connectivity index (χ1n) is 5.63. The summed E-state index contributed by atoms with van der Waals surface area (Å²) in [5, 5.41) is 21.4. The van der Waals surface area contributed by atoms with Crippen LogP contribution in [-0.2, 0) is 4.74 Å². The molecule has 4 bridgehead atoms. The van der Waals surface area contributed by atoms with Crippen LogP contribution in [0.15, 0.2) is 0 Å². The van der Waals surface area contributed by atoms with E-state index in [9.17, 15) is 5.11 Å². The Morgan fingerprint density at radius 2 is 2.40 bits per heavy atom.